The Kier molecular flexibility index (Phi) is 5.00. The van der Waals surface area contributed by atoms with Crippen molar-refractivity contribution in [2.24, 2.45) is 0 Å². The lowest BCUT2D eigenvalue weighted by atomic mass is 10.1. The summed E-state index contributed by atoms with van der Waals surface area (Å²) in [6.45, 7) is 6.17. The van der Waals surface area contributed by atoms with E-state index in [1.165, 1.54) is 12.1 Å². The van der Waals surface area contributed by atoms with Crippen molar-refractivity contribution in [2.75, 3.05) is 6.54 Å². The maximum atomic E-state index is 13.1. The van der Waals surface area contributed by atoms with E-state index in [0.717, 1.165) is 35.6 Å². The van der Waals surface area contributed by atoms with E-state index in [4.69, 9.17) is 4.52 Å². The van der Waals surface area contributed by atoms with Gasteiger partial charge in [0.2, 0.25) is 5.89 Å². The average molecular weight is 329 g/mol. The lowest BCUT2D eigenvalue weighted by molar-refractivity contribution is 0.229. The molecular weight excluding hydrogens is 309 g/mol. The summed E-state index contributed by atoms with van der Waals surface area (Å²) in [4.78, 5) is 6.54. The Bertz CT molecular complexity index is 780. The summed E-state index contributed by atoms with van der Waals surface area (Å²) < 4.78 is 18.4. The van der Waals surface area contributed by atoms with Gasteiger partial charge in [-0.1, -0.05) is 19.0 Å². The maximum absolute atomic E-state index is 13.1. The van der Waals surface area contributed by atoms with E-state index in [2.05, 4.69) is 32.2 Å². The SMILES string of the molecule is CCc1noc(CN(CC)Cc2cn[nH]c2-c2ccc(F)cc2)n1. The van der Waals surface area contributed by atoms with Crippen LogP contribution in [0.3, 0.4) is 0 Å². The highest BCUT2D eigenvalue weighted by Crippen LogP contribution is 2.23. The predicted octanol–water partition coefficient (Wildman–Crippen LogP) is 3.18. The summed E-state index contributed by atoms with van der Waals surface area (Å²) in [6.07, 6.45) is 2.55. The van der Waals surface area contributed by atoms with Gasteiger partial charge < -0.3 is 4.52 Å². The van der Waals surface area contributed by atoms with Crippen molar-refractivity contribution in [3.05, 3.63) is 53.6 Å². The molecule has 24 heavy (non-hydrogen) atoms. The first kappa shape index (κ1) is 16.3. The summed E-state index contributed by atoms with van der Waals surface area (Å²) in [7, 11) is 0. The summed E-state index contributed by atoms with van der Waals surface area (Å²) in [5, 5.41) is 11.1. The minimum atomic E-state index is -0.252. The first-order valence-electron chi connectivity index (χ1n) is 8.01. The van der Waals surface area contributed by atoms with Crippen molar-refractivity contribution >= 4 is 0 Å². The Morgan fingerprint density at radius 1 is 1.17 bits per heavy atom. The van der Waals surface area contributed by atoms with E-state index >= 15 is 0 Å². The van der Waals surface area contributed by atoms with Crippen LogP contribution < -0.4 is 0 Å². The molecule has 3 rings (SSSR count). The molecule has 2 aromatic heterocycles. The fourth-order valence-electron chi connectivity index (χ4n) is 2.51. The molecule has 0 atom stereocenters. The Morgan fingerprint density at radius 3 is 2.62 bits per heavy atom. The van der Waals surface area contributed by atoms with Crippen LogP contribution >= 0.6 is 0 Å². The number of rotatable bonds is 7. The number of H-pyrrole nitrogens is 1. The molecule has 0 saturated heterocycles. The number of aromatic amines is 1. The molecule has 0 saturated carbocycles. The number of aromatic nitrogens is 4. The molecule has 0 aliphatic heterocycles. The molecule has 126 valence electrons. The first-order valence-corrected chi connectivity index (χ1v) is 8.01. The van der Waals surface area contributed by atoms with Crippen LogP contribution in [0.25, 0.3) is 11.3 Å². The largest absolute Gasteiger partial charge is 0.338 e. The van der Waals surface area contributed by atoms with Gasteiger partial charge in [0.25, 0.3) is 0 Å². The predicted molar refractivity (Wildman–Crippen MR) is 87.4 cm³/mol. The van der Waals surface area contributed by atoms with Crippen molar-refractivity contribution in [1.29, 1.82) is 0 Å². The Labute approximate surface area is 139 Å². The van der Waals surface area contributed by atoms with Crippen LogP contribution in [0.15, 0.2) is 35.0 Å². The monoisotopic (exact) mass is 329 g/mol. The minimum absolute atomic E-state index is 0.252. The number of nitrogens with one attached hydrogen (secondary N) is 1. The standard InChI is InChI=1S/C17H20FN5O/c1-3-15-20-16(24-22-15)11-23(4-2)10-13-9-19-21-17(13)12-5-7-14(18)8-6-12/h5-9H,3-4,10-11H2,1-2H3,(H,19,21). The third-order valence-electron chi connectivity index (χ3n) is 3.88. The molecule has 1 aromatic carbocycles. The van der Waals surface area contributed by atoms with Gasteiger partial charge in [0, 0.05) is 24.1 Å². The molecule has 0 unspecified atom stereocenters. The normalized spacial score (nSPS) is 11.3. The van der Waals surface area contributed by atoms with Crippen molar-refractivity contribution in [2.45, 2.75) is 33.4 Å². The highest BCUT2D eigenvalue weighted by molar-refractivity contribution is 5.62. The molecule has 0 bridgehead atoms. The van der Waals surface area contributed by atoms with Crippen molar-refractivity contribution < 1.29 is 8.91 Å². The van der Waals surface area contributed by atoms with Gasteiger partial charge in [0.1, 0.15) is 5.82 Å². The highest BCUT2D eigenvalue weighted by atomic mass is 19.1. The van der Waals surface area contributed by atoms with E-state index in [0.29, 0.717) is 19.0 Å². The van der Waals surface area contributed by atoms with E-state index < -0.39 is 0 Å². The van der Waals surface area contributed by atoms with Gasteiger partial charge in [-0.25, -0.2) is 4.39 Å². The van der Waals surface area contributed by atoms with Crippen molar-refractivity contribution in [3.63, 3.8) is 0 Å². The van der Waals surface area contributed by atoms with E-state index in [-0.39, 0.29) is 5.82 Å². The minimum Gasteiger partial charge on any atom is -0.338 e. The smallest absolute Gasteiger partial charge is 0.240 e. The lowest BCUT2D eigenvalue weighted by Crippen LogP contribution is -2.22. The zero-order valence-corrected chi connectivity index (χ0v) is 13.8. The van der Waals surface area contributed by atoms with Crippen molar-refractivity contribution in [1.82, 2.24) is 25.2 Å². The van der Waals surface area contributed by atoms with Crippen LogP contribution in [0.1, 0.15) is 31.1 Å². The van der Waals surface area contributed by atoms with Gasteiger partial charge >= 0.3 is 0 Å². The lowest BCUT2D eigenvalue weighted by Gasteiger charge is -2.18. The second-order valence-corrected chi connectivity index (χ2v) is 5.54. The molecule has 0 amide bonds. The molecule has 0 radical (unpaired) electrons. The third kappa shape index (κ3) is 3.68. The van der Waals surface area contributed by atoms with Crippen LogP contribution in [-0.2, 0) is 19.5 Å². The Hall–Kier alpha value is -2.54. The number of aryl methyl sites for hydroxylation is 1. The summed E-state index contributed by atoms with van der Waals surface area (Å²) in [5.41, 5.74) is 2.85. The molecule has 7 heteroatoms. The summed E-state index contributed by atoms with van der Waals surface area (Å²) in [5.74, 6) is 1.08. The fourth-order valence-corrected chi connectivity index (χ4v) is 2.51. The summed E-state index contributed by atoms with van der Waals surface area (Å²) >= 11 is 0. The second kappa shape index (κ2) is 7.35. The molecule has 2 heterocycles. The van der Waals surface area contributed by atoms with Gasteiger partial charge in [-0.15, -0.1) is 0 Å². The zero-order chi connectivity index (χ0) is 16.9. The molecule has 1 N–H and O–H groups in total. The Morgan fingerprint density at radius 2 is 1.96 bits per heavy atom. The quantitative estimate of drug-likeness (QED) is 0.721. The fraction of sp³-hybridized carbons (Fsp3) is 0.353. The number of hydrogen-bond donors (Lipinski definition) is 1. The average Bonchev–Trinajstić information content (AvgIpc) is 3.24. The molecular formula is C17H20FN5O. The zero-order valence-electron chi connectivity index (χ0n) is 13.8. The number of benzene rings is 1. The Balaban J connectivity index is 1.74. The molecule has 0 aliphatic rings. The number of hydrogen-bond acceptors (Lipinski definition) is 5. The topological polar surface area (TPSA) is 70.8 Å². The maximum Gasteiger partial charge on any atom is 0.240 e. The van der Waals surface area contributed by atoms with Gasteiger partial charge in [-0.05, 0) is 30.8 Å². The van der Waals surface area contributed by atoms with E-state index in [9.17, 15) is 4.39 Å². The first-order chi connectivity index (χ1) is 11.7. The molecule has 6 nitrogen and oxygen atoms in total. The van der Waals surface area contributed by atoms with E-state index in [1.807, 2.05) is 6.92 Å². The molecule has 3 aromatic rings. The number of halogens is 1. The van der Waals surface area contributed by atoms with Gasteiger partial charge in [0.15, 0.2) is 5.82 Å². The summed E-state index contributed by atoms with van der Waals surface area (Å²) in [6, 6.07) is 6.38. The number of nitrogens with zero attached hydrogens (tertiary/aromatic N) is 4. The van der Waals surface area contributed by atoms with Crippen LogP contribution in [-0.4, -0.2) is 31.8 Å². The molecule has 0 spiro atoms. The van der Waals surface area contributed by atoms with Gasteiger partial charge in [-0.3, -0.25) is 10.00 Å². The molecule has 0 fully saturated rings. The third-order valence-corrected chi connectivity index (χ3v) is 3.88. The van der Waals surface area contributed by atoms with Crippen molar-refractivity contribution in [3.8, 4) is 11.3 Å². The molecule has 0 aliphatic carbocycles. The highest BCUT2D eigenvalue weighted by Gasteiger charge is 2.14. The van der Waals surface area contributed by atoms with Crippen LogP contribution in [0, 0.1) is 5.82 Å². The van der Waals surface area contributed by atoms with Crippen LogP contribution in [0.2, 0.25) is 0 Å². The van der Waals surface area contributed by atoms with Gasteiger partial charge in [-0.2, -0.15) is 10.1 Å². The second-order valence-electron chi connectivity index (χ2n) is 5.54. The van der Waals surface area contributed by atoms with Gasteiger partial charge in [0.05, 0.1) is 18.4 Å². The van der Waals surface area contributed by atoms with Crippen LogP contribution in [0.5, 0.6) is 0 Å². The van der Waals surface area contributed by atoms with Crippen LogP contribution in [0.4, 0.5) is 4.39 Å². The van der Waals surface area contributed by atoms with E-state index in [1.54, 1.807) is 18.3 Å².